The van der Waals surface area contributed by atoms with Gasteiger partial charge in [-0.3, -0.25) is 14.0 Å². The predicted octanol–water partition coefficient (Wildman–Crippen LogP) is 7.01. The highest BCUT2D eigenvalue weighted by atomic mass is 127. The Morgan fingerprint density at radius 2 is 1.17 bits per heavy atom. The van der Waals surface area contributed by atoms with E-state index in [-0.39, 0.29) is 6.09 Å². The average molecular weight is 974 g/mol. The minimum Gasteiger partial charge on any atom is -0.444 e. The summed E-state index contributed by atoms with van der Waals surface area (Å²) in [6.07, 6.45) is 19.9. The molecule has 3 aliphatic heterocycles. The van der Waals surface area contributed by atoms with Crippen molar-refractivity contribution in [2.45, 2.75) is 96.4 Å². The molecule has 256 valence electrons. The number of rotatable bonds is 5. The standard InChI is InChI=1S/C13H20IN3O2.C11H18IN3.C8H12IN3/c1-13(2,3)19-12(18)16-6-4-11(5-7-16)17-9-10(14)8-15-17;1-2-5-14-6-3-11(4-7-14)15-9-10(12)8-13-15;9-7-5-11-12(6-7)8-1-3-10-4-2-8/h8-9,11H,4-7H2,1-3H3;8-9,11H,2-7H2,1H3;5-6,8,10H,1-4H2. The molecule has 6 rings (SSSR count). The van der Waals surface area contributed by atoms with Crippen LogP contribution in [0.3, 0.4) is 0 Å². The molecule has 0 saturated carbocycles. The van der Waals surface area contributed by atoms with Crippen molar-refractivity contribution in [2.24, 2.45) is 0 Å². The van der Waals surface area contributed by atoms with E-state index in [1.54, 1.807) is 4.90 Å². The van der Waals surface area contributed by atoms with Gasteiger partial charge >= 0.3 is 6.09 Å². The third-order valence-corrected chi connectivity index (χ3v) is 10.0. The van der Waals surface area contributed by atoms with Gasteiger partial charge in [0.2, 0.25) is 0 Å². The zero-order valence-electron chi connectivity index (χ0n) is 27.6. The lowest BCUT2D eigenvalue weighted by molar-refractivity contribution is 0.0184. The van der Waals surface area contributed by atoms with Gasteiger partial charge in [-0.05, 0) is 153 Å². The van der Waals surface area contributed by atoms with Crippen molar-refractivity contribution in [3.63, 3.8) is 0 Å². The van der Waals surface area contributed by atoms with Gasteiger partial charge in [0.25, 0.3) is 0 Å². The molecule has 1 N–H and O–H groups in total. The number of piperidine rings is 3. The summed E-state index contributed by atoms with van der Waals surface area (Å²) in [5, 5.41) is 16.4. The van der Waals surface area contributed by atoms with Crippen LogP contribution in [0.2, 0.25) is 0 Å². The Bertz CT molecular complexity index is 1320. The highest BCUT2D eigenvalue weighted by molar-refractivity contribution is 14.1. The molecule has 0 spiro atoms. The molecule has 3 fully saturated rings. The van der Waals surface area contributed by atoms with E-state index in [0.717, 1.165) is 42.6 Å². The van der Waals surface area contributed by atoms with Gasteiger partial charge in [0, 0.05) is 44.8 Å². The van der Waals surface area contributed by atoms with E-state index in [1.807, 2.05) is 50.2 Å². The smallest absolute Gasteiger partial charge is 0.410 e. The molecule has 0 bridgehead atoms. The van der Waals surface area contributed by atoms with E-state index < -0.39 is 5.60 Å². The molecule has 1 amide bonds. The number of hydrogen-bond donors (Lipinski definition) is 1. The van der Waals surface area contributed by atoms with Crippen LogP contribution in [0.25, 0.3) is 0 Å². The van der Waals surface area contributed by atoms with Crippen LogP contribution in [-0.4, -0.2) is 96.6 Å². The second kappa shape index (κ2) is 18.7. The van der Waals surface area contributed by atoms with E-state index >= 15 is 0 Å². The molecular weight excluding hydrogens is 923 g/mol. The van der Waals surface area contributed by atoms with Crippen LogP contribution in [0.5, 0.6) is 0 Å². The first-order valence-corrected chi connectivity index (χ1v) is 19.7. The van der Waals surface area contributed by atoms with Crippen LogP contribution < -0.4 is 5.32 Å². The summed E-state index contributed by atoms with van der Waals surface area (Å²) in [4.78, 5) is 16.3. The lowest BCUT2D eigenvalue weighted by Gasteiger charge is -2.33. The van der Waals surface area contributed by atoms with Crippen molar-refractivity contribution >= 4 is 73.9 Å². The van der Waals surface area contributed by atoms with Crippen LogP contribution in [0, 0.1) is 10.7 Å². The molecule has 46 heavy (non-hydrogen) atoms. The first-order chi connectivity index (χ1) is 22.0. The van der Waals surface area contributed by atoms with E-state index in [9.17, 15) is 4.79 Å². The summed E-state index contributed by atoms with van der Waals surface area (Å²) in [5.74, 6) is 0. The predicted molar refractivity (Wildman–Crippen MR) is 207 cm³/mol. The Hall–Kier alpha value is -0.990. The monoisotopic (exact) mass is 973 g/mol. The number of carbonyl (C=O) groups is 1. The average Bonchev–Trinajstić information content (AvgIpc) is 3.79. The summed E-state index contributed by atoms with van der Waals surface area (Å²) in [7, 11) is 0. The number of aromatic nitrogens is 6. The number of nitrogens with one attached hydrogen (secondary N) is 1. The van der Waals surface area contributed by atoms with Gasteiger partial charge in [0.05, 0.1) is 47.4 Å². The van der Waals surface area contributed by atoms with Gasteiger partial charge in [-0.1, -0.05) is 6.92 Å². The van der Waals surface area contributed by atoms with Crippen molar-refractivity contribution in [3.05, 3.63) is 47.9 Å². The maximum absolute atomic E-state index is 11.9. The zero-order valence-corrected chi connectivity index (χ0v) is 34.1. The van der Waals surface area contributed by atoms with Gasteiger partial charge in [-0.2, -0.15) is 15.3 Å². The van der Waals surface area contributed by atoms with Crippen molar-refractivity contribution in [2.75, 3.05) is 45.8 Å². The number of hydrogen-bond acceptors (Lipinski definition) is 7. The maximum Gasteiger partial charge on any atom is 0.410 e. The van der Waals surface area contributed by atoms with Crippen LogP contribution in [-0.2, 0) is 4.74 Å². The van der Waals surface area contributed by atoms with Crippen LogP contribution in [0.15, 0.2) is 37.2 Å². The van der Waals surface area contributed by atoms with Crippen LogP contribution >= 0.6 is 67.8 Å². The molecule has 11 nitrogen and oxygen atoms in total. The Labute approximate surface area is 315 Å². The fourth-order valence-electron chi connectivity index (χ4n) is 5.98. The number of likely N-dealkylation sites (tertiary alicyclic amines) is 2. The number of halogens is 3. The van der Waals surface area contributed by atoms with Crippen molar-refractivity contribution in [1.29, 1.82) is 0 Å². The molecule has 0 atom stereocenters. The Morgan fingerprint density at radius 1 is 0.761 bits per heavy atom. The number of nitrogens with zero attached hydrogens (tertiary/aromatic N) is 8. The molecule has 14 heteroatoms. The van der Waals surface area contributed by atoms with Crippen LogP contribution in [0.1, 0.15) is 90.8 Å². The molecule has 6 heterocycles. The number of carbonyl (C=O) groups excluding carboxylic acids is 1. The molecule has 0 radical (unpaired) electrons. The number of ether oxygens (including phenoxy) is 1. The summed E-state index contributed by atoms with van der Waals surface area (Å²) in [6, 6.07) is 1.64. The van der Waals surface area contributed by atoms with Gasteiger partial charge in [0.15, 0.2) is 0 Å². The van der Waals surface area contributed by atoms with Crippen molar-refractivity contribution < 1.29 is 9.53 Å². The van der Waals surface area contributed by atoms with Gasteiger partial charge in [0.1, 0.15) is 5.60 Å². The molecule has 0 unspecified atom stereocenters. The largest absolute Gasteiger partial charge is 0.444 e. The lowest BCUT2D eigenvalue weighted by Crippen LogP contribution is -2.42. The van der Waals surface area contributed by atoms with Crippen LogP contribution in [0.4, 0.5) is 4.79 Å². The lowest BCUT2D eigenvalue weighted by atomic mass is 10.1. The number of amides is 1. The molecule has 3 aromatic heterocycles. The second-order valence-corrected chi connectivity index (χ2v) is 16.9. The molecule has 0 aliphatic carbocycles. The Morgan fingerprint density at radius 3 is 1.54 bits per heavy atom. The fraction of sp³-hybridized carbons (Fsp3) is 0.688. The molecule has 3 aliphatic rings. The summed E-state index contributed by atoms with van der Waals surface area (Å²) in [5.41, 5.74) is -0.425. The minimum absolute atomic E-state index is 0.207. The van der Waals surface area contributed by atoms with Gasteiger partial charge in [-0.15, -0.1) is 0 Å². The van der Waals surface area contributed by atoms with E-state index in [2.05, 4.69) is 122 Å². The maximum atomic E-state index is 11.9. The third-order valence-electron chi connectivity index (χ3n) is 8.35. The Balaban J connectivity index is 0.000000161. The van der Waals surface area contributed by atoms with Gasteiger partial charge < -0.3 is 19.9 Å². The highest BCUT2D eigenvalue weighted by Gasteiger charge is 2.28. The van der Waals surface area contributed by atoms with E-state index in [4.69, 9.17) is 4.74 Å². The SMILES string of the molecule is CC(C)(C)OC(=O)N1CCC(n2cc(I)cn2)CC1.CCCN1CCC(n2cc(I)cn2)CC1.Ic1cnn(C2CCNCC2)c1. The molecule has 3 aromatic rings. The second-order valence-electron chi connectivity index (χ2n) is 13.2. The van der Waals surface area contributed by atoms with Gasteiger partial charge in [-0.25, -0.2) is 4.79 Å². The molecule has 3 saturated heterocycles. The third kappa shape index (κ3) is 12.5. The first kappa shape index (κ1) is 37.8. The summed E-state index contributed by atoms with van der Waals surface area (Å²) in [6.45, 7) is 15.4. The normalized spacial score (nSPS) is 18.8. The first-order valence-electron chi connectivity index (χ1n) is 16.5. The summed E-state index contributed by atoms with van der Waals surface area (Å²) < 4.78 is 15.3. The fourth-order valence-corrected chi connectivity index (χ4v) is 7.21. The van der Waals surface area contributed by atoms with E-state index in [0.29, 0.717) is 18.1 Å². The van der Waals surface area contributed by atoms with Crippen molar-refractivity contribution in [3.8, 4) is 0 Å². The van der Waals surface area contributed by atoms with Crippen molar-refractivity contribution in [1.82, 2.24) is 44.5 Å². The molecule has 0 aromatic carbocycles. The highest BCUT2D eigenvalue weighted by Crippen LogP contribution is 2.24. The quantitative estimate of drug-likeness (QED) is 0.275. The molecular formula is C32H50I3N9O2. The Kier molecular flexibility index (Phi) is 15.4. The topological polar surface area (TPSA) is 98.3 Å². The minimum atomic E-state index is -0.425. The van der Waals surface area contributed by atoms with E-state index in [1.165, 1.54) is 58.9 Å². The summed E-state index contributed by atoms with van der Waals surface area (Å²) >= 11 is 6.88. The zero-order chi connectivity index (χ0) is 33.1.